The van der Waals surface area contributed by atoms with Crippen LogP contribution < -0.4 is 5.43 Å². The van der Waals surface area contributed by atoms with Crippen molar-refractivity contribution in [3.63, 3.8) is 0 Å². The topological polar surface area (TPSA) is 105 Å². The summed E-state index contributed by atoms with van der Waals surface area (Å²) < 4.78 is 0. The molecule has 1 amide bonds. The highest BCUT2D eigenvalue weighted by atomic mass is 32.1. The monoisotopic (exact) mass is 373 g/mol. The molecule has 1 heterocycles. The minimum atomic E-state index is -0.560. The van der Waals surface area contributed by atoms with E-state index in [4.69, 9.17) is 0 Å². The third-order valence-electron chi connectivity index (χ3n) is 4.58. The summed E-state index contributed by atoms with van der Waals surface area (Å²) in [4.78, 5) is 24.4. The van der Waals surface area contributed by atoms with Gasteiger partial charge in [0.2, 0.25) is 0 Å². The second-order valence-electron chi connectivity index (χ2n) is 6.28. The predicted octanol–water partition coefficient (Wildman–Crippen LogP) is 3.64. The van der Waals surface area contributed by atoms with Crippen LogP contribution in [0.1, 0.15) is 45.4 Å². The number of non-ortho nitro benzene ring substituents is 1. The van der Waals surface area contributed by atoms with Gasteiger partial charge in [-0.3, -0.25) is 14.9 Å². The van der Waals surface area contributed by atoms with Gasteiger partial charge in [-0.15, -0.1) is 11.3 Å². The van der Waals surface area contributed by atoms with Gasteiger partial charge in [-0.2, -0.15) is 5.10 Å². The maximum atomic E-state index is 12.3. The van der Waals surface area contributed by atoms with Crippen molar-refractivity contribution >= 4 is 29.1 Å². The molecule has 0 unspecified atom stereocenters. The number of phenolic OH excluding ortho intramolecular Hbond substituents is 1. The molecule has 1 aromatic heterocycles. The minimum absolute atomic E-state index is 0.147. The highest BCUT2D eigenvalue weighted by Gasteiger charge is 2.21. The summed E-state index contributed by atoms with van der Waals surface area (Å²) in [5.74, 6) is 0.215. The van der Waals surface area contributed by atoms with Crippen molar-refractivity contribution in [1.82, 2.24) is 5.43 Å². The Morgan fingerprint density at radius 1 is 1.50 bits per heavy atom. The molecule has 26 heavy (non-hydrogen) atoms. The number of thiophene rings is 1. The second-order valence-corrected chi connectivity index (χ2v) is 7.41. The van der Waals surface area contributed by atoms with Gasteiger partial charge in [-0.1, -0.05) is 13.3 Å². The molecule has 1 aliphatic rings. The normalized spacial score (nSPS) is 16.4. The lowest BCUT2D eigenvalue weighted by Crippen LogP contribution is -2.16. The first-order chi connectivity index (χ1) is 12.5. The summed E-state index contributed by atoms with van der Waals surface area (Å²) in [7, 11) is 0. The Morgan fingerprint density at radius 2 is 2.31 bits per heavy atom. The summed E-state index contributed by atoms with van der Waals surface area (Å²) in [5, 5.41) is 24.3. The maximum Gasteiger partial charge on any atom is 0.281 e. The van der Waals surface area contributed by atoms with E-state index in [9.17, 15) is 20.0 Å². The lowest BCUT2D eigenvalue weighted by molar-refractivity contribution is -0.384. The predicted molar refractivity (Wildman–Crippen MR) is 99.9 cm³/mol. The Balaban J connectivity index is 1.68. The van der Waals surface area contributed by atoms with E-state index in [-0.39, 0.29) is 22.9 Å². The van der Waals surface area contributed by atoms with Crippen molar-refractivity contribution in [2.24, 2.45) is 11.0 Å². The average molecular weight is 373 g/mol. The van der Waals surface area contributed by atoms with E-state index in [0.717, 1.165) is 25.7 Å². The van der Waals surface area contributed by atoms with E-state index in [2.05, 4.69) is 17.5 Å². The van der Waals surface area contributed by atoms with E-state index in [1.54, 1.807) is 0 Å². The molecular weight excluding hydrogens is 354 g/mol. The Labute approximate surface area is 154 Å². The zero-order valence-corrected chi connectivity index (χ0v) is 15.1. The van der Waals surface area contributed by atoms with Gasteiger partial charge >= 0.3 is 0 Å². The Hall–Kier alpha value is -2.74. The van der Waals surface area contributed by atoms with E-state index in [1.807, 2.05) is 6.07 Å². The number of nitro benzene ring substituents is 1. The van der Waals surface area contributed by atoms with E-state index in [1.165, 1.54) is 46.2 Å². The van der Waals surface area contributed by atoms with Crippen molar-refractivity contribution in [3.8, 4) is 5.75 Å². The van der Waals surface area contributed by atoms with Crippen LogP contribution in [0.3, 0.4) is 0 Å². The summed E-state index contributed by atoms with van der Waals surface area (Å²) >= 11 is 1.49. The molecule has 8 heteroatoms. The van der Waals surface area contributed by atoms with Gasteiger partial charge in [0, 0.05) is 22.6 Å². The van der Waals surface area contributed by atoms with Crippen molar-refractivity contribution in [2.45, 2.75) is 32.6 Å². The lowest BCUT2D eigenvalue weighted by Gasteiger charge is -2.19. The number of hydrazone groups is 1. The number of phenols is 1. The molecule has 1 aliphatic carbocycles. The van der Waals surface area contributed by atoms with E-state index in [0.29, 0.717) is 10.8 Å². The molecule has 3 rings (SSSR count). The summed E-state index contributed by atoms with van der Waals surface area (Å²) in [6.45, 7) is 2.19. The van der Waals surface area contributed by atoms with Crippen LogP contribution in [0.15, 0.2) is 29.4 Å². The molecule has 0 radical (unpaired) electrons. The van der Waals surface area contributed by atoms with Crippen LogP contribution in [0, 0.1) is 16.0 Å². The fourth-order valence-electron chi connectivity index (χ4n) is 3.03. The van der Waals surface area contributed by atoms with Crippen LogP contribution in [0.25, 0.3) is 0 Å². The molecule has 1 aromatic carbocycles. The van der Waals surface area contributed by atoms with Crippen LogP contribution in [0.2, 0.25) is 0 Å². The molecule has 136 valence electrons. The van der Waals surface area contributed by atoms with Gasteiger partial charge in [-0.25, -0.2) is 5.43 Å². The van der Waals surface area contributed by atoms with Crippen LogP contribution in [-0.2, 0) is 12.8 Å². The molecule has 2 aromatic rings. The first-order valence-electron chi connectivity index (χ1n) is 8.40. The Kier molecular flexibility index (Phi) is 5.32. The van der Waals surface area contributed by atoms with Gasteiger partial charge in [-0.05, 0) is 42.9 Å². The first-order valence-corrected chi connectivity index (χ1v) is 9.22. The quantitative estimate of drug-likeness (QED) is 0.474. The maximum absolute atomic E-state index is 12.3. The number of nitrogens with one attached hydrogen (secondary N) is 1. The van der Waals surface area contributed by atoms with Gasteiger partial charge in [0.15, 0.2) is 0 Å². The fourth-order valence-corrected chi connectivity index (χ4v) is 4.13. The zero-order valence-electron chi connectivity index (χ0n) is 14.3. The average Bonchev–Trinajstić information content (AvgIpc) is 3.06. The summed E-state index contributed by atoms with van der Waals surface area (Å²) in [6.07, 6.45) is 5.53. The standard InChI is InChI=1S/C18H19N3O4S/c1-2-11-3-6-16-12(7-11)9-17(26-16)18(23)20-19-10-13-8-14(21(24)25)4-5-15(13)22/h4-5,8-11,22H,2-3,6-7H2,1H3,(H,20,23)/b19-10-/t11-/m0/s1. The SMILES string of the molecule is CC[C@H]1CCc2sc(C(=O)N/N=C\c3cc([N+](=O)[O-])ccc3O)cc2C1. The summed E-state index contributed by atoms with van der Waals surface area (Å²) in [5.41, 5.74) is 3.67. The number of benzene rings is 1. The third-order valence-corrected chi connectivity index (χ3v) is 5.81. The smallest absolute Gasteiger partial charge is 0.281 e. The number of rotatable bonds is 5. The molecule has 0 aliphatic heterocycles. The number of hydrogen-bond donors (Lipinski definition) is 2. The van der Waals surface area contributed by atoms with Crippen LogP contribution >= 0.6 is 11.3 Å². The number of aromatic hydroxyl groups is 1. The van der Waals surface area contributed by atoms with Gasteiger partial charge in [0.1, 0.15) is 5.75 Å². The number of fused-ring (bicyclic) bond motifs is 1. The Morgan fingerprint density at radius 3 is 3.04 bits per heavy atom. The Bertz CT molecular complexity index is 875. The molecule has 0 saturated heterocycles. The summed E-state index contributed by atoms with van der Waals surface area (Å²) in [6, 6.07) is 5.54. The van der Waals surface area contributed by atoms with Gasteiger partial charge in [0.05, 0.1) is 16.0 Å². The molecule has 0 saturated carbocycles. The number of nitro groups is 1. The van der Waals surface area contributed by atoms with Crippen molar-refractivity contribution in [3.05, 3.63) is 55.3 Å². The minimum Gasteiger partial charge on any atom is -0.507 e. The van der Waals surface area contributed by atoms with Gasteiger partial charge < -0.3 is 5.11 Å². The number of carbonyl (C=O) groups is 1. The molecular formula is C18H19N3O4S. The second kappa shape index (κ2) is 7.65. The highest BCUT2D eigenvalue weighted by molar-refractivity contribution is 7.14. The largest absolute Gasteiger partial charge is 0.507 e. The molecule has 0 spiro atoms. The first kappa shape index (κ1) is 18.1. The van der Waals surface area contributed by atoms with Crippen LogP contribution in [-0.4, -0.2) is 22.2 Å². The highest BCUT2D eigenvalue weighted by Crippen LogP contribution is 2.33. The molecule has 0 bridgehead atoms. The lowest BCUT2D eigenvalue weighted by atomic mass is 9.87. The van der Waals surface area contributed by atoms with Crippen molar-refractivity contribution in [1.29, 1.82) is 0 Å². The van der Waals surface area contributed by atoms with E-state index < -0.39 is 4.92 Å². The van der Waals surface area contributed by atoms with E-state index >= 15 is 0 Å². The van der Waals surface area contributed by atoms with Gasteiger partial charge in [0.25, 0.3) is 11.6 Å². The van der Waals surface area contributed by atoms with Crippen molar-refractivity contribution < 1.29 is 14.8 Å². The molecule has 7 nitrogen and oxygen atoms in total. The third kappa shape index (κ3) is 3.91. The molecule has 1 atom stereocenters. The number of hydrogen-bond acceptors (Lipinski definition) is 6. The molecule has 2 N–H and O–H groups in total. The number of carbonyl (C=O) groups excluding carboxylic acids is 1. The van der Waals surface area contributed by atoms with Crippen molar-refractivity contribution in [2.75, 3.05) is 0 Å². The van der Waals surface area contributed by atoms with Crippen LogP contribution in [0.4, 0.5) is 5.69 Å². The van der Waals surface area contributed by atoms with Crippen LogP contribution in [0.5, 0.6) is 5.75 Å². The number of aryl methyl sites for hydroxylation is 1. The molecule has 0 fully saturated rings. The number of amides is 1. The zero-order chi connectivity index (χ0) is 18.7. The fraction of sp³-hybridized carbons (Fsp3) is 0.333. The number of nitrogens with zero attached hydrogens (tertiary/aromatic N) is 2.